The first-order valence-corrected chi connectivity index (χ1v) is 14.9. The summed E-state index contributed by atoms with van der Waals surface area (Å²) >= 11 is 0. The second-order valence-corrected chi connectivity index (χ2v) is 13.3. The van der Waals surface area contributed by atoms with Crippen molar-refractivity contribution in [2.24, 2.45) is 11.8 Å². The van der Waals surface area contributed by atoms with Gasteiger partial charge in [0.25, 0.3) is 0 Å². The SMILES string of the molecule is CCOP(=O)(OCC)[C@@]1(C(=O)O[C@@H]2C[C@H](C)CC[C@H]2C(C)(C)c2ccccc2)C[C@@H]1c1ccccc1. The van der Waals surface area contributed by atoms with Gasteiger partial charge in [-0.25, -0.2) is 0 Å². The predicted molar refractivity (Wildman–Crippen MR) is 143 cm³/mol. The van der Waals surface area contributed by atoms with Gasteiger partial charge < -0.3 is 13.8 Å². The average molecular weight is 513 g/mol. The Morgan fingerprint density at radius 3 is 2.14 bits per heavy atom. The molecule has 6 heteroatoms. The minimum Gasteiger partial charge on any atom is -0.461 e. The van der Waals surface area contributed by atoms with Crippen molar-refractivity contribution < 1.29 is 23.1 Å². The fraction of sp³-hybridized carbons (Fsp3) is 0.567. The Hall–Kier alpha value is -1.94. The number of esters is 1. The zero-order valence-corrected chi connectivity index (χ0v) is 23.2. The number of hydrogen-bond acceptors (Lipinski definition) is 5. The maximum absolute atomic E-state index is 14.2. The number of benzene rings is 2. The fourth-order valence-electron chi connectivity index (χ4n) is 6.18. The molecule has 0 bridgehead atoms. The predicted octanol–water partition coefficient (Wildman–Crippen LogP) is 7.50. The van der Waals surface area contributed by atoms with Gasteiger partial charge in [-0.2, -0.15) is 0 Å². The van der Waals surface area contributed by atoms with E-state index in [0.717, 1.165) is 24.8 Å². The van der Waals surface area contributed by atoms with Crippen LogP contribution in [0.25, 0.3) is 0 Å². The van der Waals surface area contributed by atoms with Gasteiger partial charge in [0.1, 0.15) is 6.10 Å². The van der Waals surface area contributed by atoms with E-state index >= 15 is 0 Å². The molecular weight excluding hydrogens is 471 g/mol. The smallest absolute Gasteiger partial charge is 0.348 e. The molecule has 2 aliphatic rings. The molecule has 4 rings (SSSR count). The van der Waals surface area contributed by atoms with Gasteiger partial charge in [0, 0.05) is 11.8 Å². The molecule has 0 N–H and O–H groups in total. The van der Waals surface area contributed by atoms with Crippen molar-refractivity contribution in [2.75, 3.05) is 13.2 Å². The first-order chi connectivity index (χ1) is 17.2. The Morgan fingerprint density at radius 2 is 1.56 bits per heavy atom. The molecule has 2 aromatic rings. The first kappa shape index (κ1) is 27.1. The number of ether oxygens (including phenoxy) is 1. The van der Waals surface area contributed by atoms with Gasteiger partial charge in [-0.15, -0.1) is 0 Å². The van der Waals surface area contributed by atoms with Crippen molar-refractivity contribution in [1.29, 1.82) is 0 Å². The van der Waals surface area contributed by atoms with Crippen LogP contribution in [0, 0.1) is 11.8 Å². The molecule has 0 saturated heterocycles. The molecule has 5 nitrogen and oxygen atoms in total. The number of rotatable bonds is 10. The molecule has 0 aromatic heterocycles. The van der Waals surface area contributed by atoms with E-state index in [4.69, 9.17) is 13.8 Å². The van der Waals surface area contributed by atoms with Gasteiger partial charge in [0.05, 0.1) is 13.2 Å². The minimum absolute atomic E-state index is 0.157. The standard InChI is InChI=1S/C30H41O5P/c1-6-33-36(32,34-7-2)30(21-26(30)23-14-10-8-11-15-23)28(31)35-27-20-22(3)18-19-25(27)29(4,5)24-16-12-9-13-17-24/h8-17,22,25-27H,6-7,18-21H2,1-5H3/t22-,25-,26-,27-,30+/m1/s1. The molecule has 2 aromatic carbocycles. The van der Waals surface area contributed by atoms with Gasteiger partial charge in [0.15, 0.2) is 5.16 Å². The average Bonchev–Trinajstić information content (AvgIpc) is 3.63. The lowest BCUT2D eigenvalue weighted by Crippen LogP contribution is -2.45. The van der Waals surface area contributed by atoms with Gasteiger partial charge in [-0.05, 0) is 55.6 Å². The molecule has 0 spiro atoms. The second kappa shape index (κ2) is 10.8. The van der Waals surface area contributed by atoms with Crippen LogP contribution in [0.5, 0.6) is 0 Å². The molecular formula is C30H41O5P. The Balaban J connectivity index is 1.67. The van der Waals surface area contributed by atoms with E-state index in [1.807, 2.05) is 36.4 Å². The lowest BCUT2D eigenvalue weighted by Gasteiger charge is -2.44. The largest absolute Gasteiger partial charge is 0.461 e. The van der Waals surface area contributed by atoms with Crippen LogP contribution in [0.3, 0.4) is 0 Å². The van der Waals surface area contributed by atoms with E-state index in [1.165, 1.54) is 5.56 Å². The van der Waals surface area contributed by atoms with E-state index in [0.29, 0.717) is 12.3 Å². The van der Waals surface area contributed by atoms with Crippen LogP contribution < -0.4 is 0 Å². The van der Waals surface area contributed by atoms with Crippen LogP contribution in [-0.2, 0) is 28.6 Å². The number of carbonyl (C=O) groups is 1. The Labute approximate surface area is 216 Å². The maximum Gasteiger partial charge on any atom is 0.348 e. The molecule has 0 radical (unpaired) electrons. The van der Waals surface area contributed by atoms with Crippen molar-refractivity contribution in [3.63, 3.8) is 0 Å². The Kier molecular flexibility index (Phi) is 8.14. The maximum atomic E-state index is 14.2. The fourth-order valence-corrected chi connectivity index (χ4v) is 8.61. The van der Waals surface area contributed by atoms with E-state index in [-0.39, 0.29) is 36.6 Å². The van der Waals surface area contributed by atoms with Crippen LogP contribution in [-0.4, -0.2) is 30.4 Å². The molecule has 2 aliphatic carbocycles. The Bertz CT molecular complexity index is 1060. The van der Waals surface area contributed by atoms with Gasteiger partial charge in [0.2, 0.25) is 0 Å². The van der Waals surface area contributed by atoms with Crippen molar-refractivity contribution in [2.45, 2.75) is 82.9 Å². The lowest BCUT2D eigenvalue weighted by molar-refractivity contribution is -0.157. The molecule has 5 atom stereocenters. The highest BCUT2D eigenvalue weighted by atomic mass is 31.2. The van der Waals surface area contributed by atoms with Gasteiger partial charge in [-0.1, -0.05) is 87.9 Å². The summed E-state index contributed by atoms with van der Waals surface area (Å²) < 4.78 is 32.2. The highest BCUT2D eigenvalue weighted by Gasteiger charge is 2.75. The molecule has 196 valence electrons. The highest BCUT2D eigenvalue weighted by molar-refractivity contribution is 7.57. The molecule has 0 heterocycles. The third-order valence-electron chi connectivity index (χ3n) is 8.33. The zero-order valence-electron chi connectivity index (χ0n) is 22.3. The topological polar surface area (TPSA) is 61.8 Å². The number of carbonyl (C=O) groups excluding carboxylic acids is 1. The van der Waals surface area contributed by atoms with E-state index in [2.05, 4.69) is 45.0 Å². The van der Waals surface area contributed by atoms with E-state index < -0.39 is 18.7 Å². The molecule has 36 heavy (non-hydrogen) atoms. The first-order valence-electron chi connectivity index (χ1n) is 13.4. The molecule has 0 amide bonds. The normalized spacial score (nSPS) is 28.5. The van der Waals surface area contributed by atoms with Crippen LogP contribution in [0.4, 0.5) is 0 Å². The molecule has 2 fully saturated rings. The summed E-state index contributed by atoms with van der Waals surface area (Å²) in [5.41, 5.74) is 2.03. The summed E-state index contributed by atoms with van der Waals surface area (Å²) in [6.07, 6.45) is 3.02. The summed E-state index contributed by atoms with van der Waals surface area (Å²) in [6.45, 7) is 10.7. The summed E-state index contributed by atoms with van der Waals surface area (Å²) in [5, 5.41) is -1.30. The highest BCUT2D eigenvalue weighted by Crippen LogP contribution is 2.77. The van der Waals surface area contributed by atoms with Crippen molar-refractivity contribution in [3.8, 4) is 0 Å². The minimum atomic E-state index is -3.76. The van der Waals surface area contributed by atoms with Crippen LogP contribution in [0.15, 0.2) is 60.7 Å². The van der Waals surface area contributed by atoms with Crippen LogP contribution in [0.1, 0.15) is 77.3 Å². The summed E-state index contributed by atoms with van der Waals surface area (Å²) in [4.78, 5) is 14.1. The van der Waals surface area contributed by atoms with Crippen molar-refractivity contribution >= 4 is 13.6 Å². The Morgan fingerprint density at radius 1 is 0.972 bits per heavy atom. The summed E-state index contributed by atoms with van der Waals surface area (Å²) in [6, 6.07) is 20.2. The van der Waals surface area contributed by atoms with Crippen molar-refractivity contribution in [3.05, 3.63) is 71.8 Å². The third-order valence-corrected chi connectivity index (χ3v) is 11.2. The van der Waals surface area contributed by atoms with E-state index in [9.17, 15) is 9.36 Å². The second-order valence-electron chi connectivity index (χ2n) is 11.0. The third kappa shape index (κ3) is 4.95. The van der Waals surface area contributed by atoms with Crippen molar-refractivity contribution in [1.82, 2.24) is 0 Å². The van der Waals surface area contributed by atoms with Crippen LogP contribution >= 0.6 is 7.60 Å². The molecule has 2 saturated carbocycles. The summed E-state index contributed by atoms with van der Waals surface area (Å²) in [7, 11) is -3.76. The lowest BCUT2D eigenvalue weighted by atomic mass is 9.64. The van der Waals surface area contributed by atoms with Crippen LogP contribution in [0.2, 0.25) is 0 Å². The van der Waals surface area contributed by atoms with Gasteiger partial charge in [-0.3, -0.25) is 9.36 Å². The summed E-state index contributed by atoms with van der Waals surface area (Å²) in [5.74, 6) is -0.0767. The number of hydrogen-bond donors (Lipinski definition) is 0. The van der Waals surface area contributed by atoms with Gasteiger partial charge >= 0.3 is 13.6 Å². The molecule has 0 unspecified atom stereocenters. The van der Waals surface area contributed by atoms with E-state index in [1.54, 1.807) is 13.8 Å². The zero-order chi connectivity index (χ0) is 26.0. The quantitative estimate of drug-likeness (QED) is 0.244. The monoisotopic (exact) mass is 512 g/mol. The molecule has 0 aliphatic heterocycles.